The van der Waals surface area contributed by atoms with E-state index < -0.39 is 0 Å². The molecule has 7 heteroatoms. The summed E-state index contributed by atoms with van der Waals surface area (Å²) >= 11 is 0. The Morgan fingerprint density at radius 2 is 1.97 bits per heavy atom. The molecule has 3 fully saturated rings. The van der Waals surface area contributed by atoms with Crippen molar-refractivity contribution in [3.05, 3.63) is 23.9 Å². The van der Waals surface area contributed by atoms with Crippen molar-refractivity contribution in [3.8, 4) is 0 Å². The third kappa shape index (κ3) is 4.65. The average molecular weight is 513 g/mol. The van der Waals surface area contributed by atoms with Gasteiger partial charge in [0.2, 0.25) is 0 Å². The van der Waals surface area contributed by atoms with Gasteiger partial charge in [-0.25, -0.2) is 4.98 Å². The summed E-state index contributed by atoms with van der Waals surface area (Å²) in [6.45, 7) is 9.66. The lowest BCUT2D eigenvalue weighted by atomic mass is 9.55. The van der Waals surface area contributed by atoms with Crippen LogP contribution in [-0.4, -0.2) is 55.9 Å². The van der Waals surface area contributed by atoms with Gasteiger partial charge in [-0.05, 0) is 44.7 Å². The maximum atomic E-state index is 6.04. The lowest BCUT2D eigenvalue weighted by Crippen LogP contribution is -2.71. The first kappa shape index (κ1) is 22.6. The largest absolute Gasteiger partial charge is 0.377 e. The topological polar surface area (TPSA) is 61.8 Å². The van der Waals surface area contributed by atoms with Gasteiger partial charge >= 0.3 is 0 Å². The first-order valence-corrected chi connectivity index (χ1v) is 10.8. The molecule has 2 saturated heterocycles. The summed E-state index contributed by atoms with van der Waals surface area (Å²) in [6.07, 6.45) is 5.01. The molecule has 1 aromatic rings. The second kappa shape index (κ2) is 9.37. The molecule has 0 amide bonds. The van der Waals surface area contributed by atoms with Crippen LogP contribution < -0.4 is 15.5 Å². The molecule has 29 heavy (non-hydrogen) atoms. The highest BCUT2D eigenvalue weighted by Crippen LogP contribution is 2.51. The molecule has 2 N–H and O–H groups in total. The zero-order valence-electron chi connectivity index (χ0n) is 18.1. The van der Waals surface area contributed by atoms with E-state index in [0.29, 0.717) is 24.1 Å². The van der Waals surface area contributed by atoms with E-state index >= 15 is 0 Å². The third-order valence-corrected chi connectivity index (χ3v) is 6.88. The molecule has 0 spiro atoms. The Kier molecular flexibility index (Phi) is 7.30. The van der Waals surface area contributed by atoms with Crippen molar-refractivity contribution >= 4 is 35.8 Å². The molecule has 2 aliphatic heterocycles. The van der Waals surface area contributed by atoms with Crippen LogP contribution in [0.25, 0.3) is 0 Å². The van der Waals surface area contributed by atoms with E-state index in [1.54, 1.807) is 0 Å². The van der Waals surface area contributed by atoms with Gasteiger partial charge in [0, 0.05) is 55.9 Å². The predicted molar refractivity (Wildman–Crippen MR) is 129 cm³/mol. The molecule has 1 aromatic heterocycles. The van der Waals surface area contributed by atoms with Crippen LogP contribution in [0.15, 0.2) is 23.2 Å². The zero-order valence-corrected chi connectivity index (χ0v) is 20.5. The van der Waals surface area contributed by atoms with Gasteiger partial charge in [0.25, 0.3) is 0 Å². The van der Waals surface area contributed by atoms with Crippen LogP contribution in [0.4, 0.5) is 5.82 Å². The van der Waals surface area contributed by atoms with E-state index in [9.17, 15) is 0 Å². The number of fused-ring (bicyclic) bond motifs is 1. The quantitative estimate of drug-likeness (QED) is 0.369. The molecule has 162 valence electrons. The number of hydrogen-bond donors (Lipinski definition) is 2. The molecule has 6 nitrogen and oxygen atoms in total. The standard InChI is InChI=1S/C22H35N5O.HI/c1-15-7-5-9-18(24-15)27-12-10-16(11-13-27)25-21(23-4)26-19-17-8-6-14-28-20(17)22(19,2)3;/h5,7,9,16-17,19-20H,6,8,10-14H2,1-4H3,(H2,23,25,26);1H. The lowest BCUT2D eigenvalue weighted by molar-refractivity contribution is -0.188. The van der Waals surface area contributed by atoms with Crippen molar-refractivity contribution in [2.75, 3.05) is 31.6 Å². The van der Waals surface area contributed by atoms with Crippen LogP contribution in [0.3, 0.4) is 0 Å². The summed E-state index contributed by atoms with van der Waals surface area (Å²) in [5.74, 6) is 2.64. The minimum absolute atomic E-state index is 0. The number of nitrogens with zero attached hydrogens (tertiary/aromatic N) is 3. The number of piperidine rings is 1. The number of ether oxygens (including phenoxy) is 1. The number of pyridine rings is 1. The fraction of sp³-hybridized carbons (Fsp3) is 0.727. The first-order valence-electron chi connectivity index (χ1n) is 10.8. The minimum atomic E-state index is 0. The van der Waals surface area contributed by atoms with Crippen molar-refractivity contribution in [3.63, 3.8) is 0 Å². The fourth-order valence-electron chi connectivity index (χ4n) is 5.28. The summed E-state index contributed by atoms with van der Waals surface area (Å²) in [4.78, 5) is 11.6. The number of aliphatic imine (C=N–C) groups is 1. The van der Waals surface area contributed by atoms with Crippen molar-refractivity contribution < 1.29 is 4.74 Å². The molecular formula is C22H36IN5O. The summed E-state index contributed by atoms with van der Waals surface area (Å²) in [6, 6.07) is 7.14. The number of hydrogen-bond acceptors (Lipinski definition) is 4. The third-order valence-electron chi connectivity index (χ3n) is 6.88. The minimum Gasteiger partial charge on any atom is -0.377 e. The van der Waals surface area contributed by atoms with Crippen molar-refractivity contribution in [2.24, 2.45) is 16.3 Å². The number of guanidine groups is 1. The van der Waals surface area contributed by atoms with Gasteiger partial charge in [0.1, 0.15) is 5.82 Å². The first-order chi connectivity index (χ1) is 13.5. The summed E-state index contributed by atoms with van der Waals surface area (Å²) < 4.78 is 6.04. The van der Waals surface area contributed by atoms with Crippen LogP contribution in [0.2, 0.25) is 0 Å². The van der Waals surface area contributed by atoms with E-state index in [1.807, 2.05) is 7.05 Å². The molecule has 4 rings (SSSR count). The van der Waals surface area contributed by atoms with Gasteiger partial charge < -0.3 is 20.3 Å². The number of halogens is 1. The molecule has 0 bridgehead atoms. The Hall–Kier alpha value is -1.09. The summed E-state index contributed by atoms with van der Waals surface area (Å²) in [5.41, 5.74) is 1.23. The molecule has 1 aliphatic carbocycles. The number of aryl methyl sites for hydroxylation is 1. The van der Waals surface area contributed by atoms with Crippen LogP contribution in [-0.2, 0) is 4.74 Å². The molecule has 0 aromatic carbocycles. The van der Waals surface area contributed by atoms with Gasteiger partial charge in [-0.3, -0.25) is 4.99 Å². The fourth-order valence-corrected chi connectivity index (χ4v) is 5.28. The molecule has 1 saturated carbocycles. The Balaban J connectivity index is 0.00000240. The number of aromatic nitrogens is 1. The SMILES string of the molecule is CN=C(NC1CCN(c2cccc(C)n2)CC1)NC1C2CCCOC2C1(C)C.I. The Bertz CT molecular complexity index is 717. The highest BCUT2D eigenvalue weighted by atomic mass is 127. The van der Waals surface area contributed by atoms with Crippen LogP contribution >= 0.6 is 24.0 Å². The van der Waals surface area contributed by atoms with Crippen LogP contribution in [0, 0.1) is 18.3 Å². The van der Waals surface area contributed by atoms with Crippen LogP contribution in [0.1, 0.15) is 45.2 Å². The molecular weight excluding hydrogens is 477 g/mol. The second-order valence-corrected chi connectivity index (χ2v) is 9.16. The summed E-state index contributed by atoms with van der Waals surface area (Å²) in [5, 5.41) is 7.40. The Morgan fingerprint density at radius 3 is 2.66 bits per heavy atom. The number of rotatable bonds is 3. The number of anilines is 1. The van der Waals surface area contributed by atoms with Gasteiger partial charge in [0.15, 0.2) is 5.96 Å². The zero-order chi connectivity index (χ0) is 19.7. The van der Waals surface area contributed by atoms with E-state index in [0.717, 1.165) is 50.0 Å². The normalized spacial score (nSPS) is 29.3. The molecule has 3 heterocycles. The van der Waals surface area contributed by atoms with Crippen LogP contribution in [0.5, 0.6) is 0 Å². The average Bonchev–Trinajstić information content (AvgIpc) is 2.71. The monoisotopic (exact) mass is 513 g/mol. The van der Waals surface area contributed by atoms with E-state index in [-0.39, 0.29) is 29.4 Å². The molecule has 3 aliphatic rings. The van der Waals surface area contributed by atoms with Crippen molar-refractivity contribution in [1.82, 2.24) is 15.6 Å². The molecule has 3 atom stereocenters. The maximum Gasteiger partial charge on any atom is 0.191 e. The molecule has 3 unspecified atom stereocenters. The Labute approximate surface area is 192 Å². The van der Waals surface area contributed by atoms with E-state index in [4.69, 9.17) is 4.74 Å². The van der Waals surface area contributed by atoms with Crippen molar-refractivity contribution in [1.29, 1.82) is 0 Å². The molecule has 0 radical (unpaired) electrons. The van der Waals surface area contributed by atoms with E-state index in [1.165, 1.54) is 12.8 Å². The number of nitrogens with one attached hydrogen (secondary N) is 2. The maximum absolute atomic E-state index is 6.04. The lowest BCUT2D eigenvalue weighted by Gasteiger charge is -2.60. The van der Waals surface area contributed by atoms with Gasteiger partial charge in [-0.15, -0.1) is 24.0 Å². The smallest absolute Gasteiger partial charge is 0.191 e. The van der Waals surface area contributed by atoms with Crippen molar-refractivity contribution in [2.45, 2.75) is 64.6 Å². The summed E-state index contributed by atoms with van der Waals surface area (Å²) in [7, 11) is 1.88. The highest BCUT2D eigenvalue weighted by Gasteiger charge is 2.58. The van der Waals surface area contributed by atoms with E-state index in [2.05, 4.69) is 64.5 Å². The highest BCUT2D eigenvalue weighted by molar-refractivity contribution is 14.0. The predicted octanol–water partition coefficient (Wildman–Crippen LogP) is 3.35. The van der Waals surface area contributed by atoms with Gasteiger partial charge in [-0.1, -0.05) is 19.9 Å². The van der Waals surface area contributed by atoms with Gasteiger partial charge in [-0.2, -0.15) is 0 Å². The Morgan fingerprint density at radius 1 is 1.21 bits per heavy atom. The second-order valence-electron chi connectivity index (χ2n) is 9.16. The van der Waals surface area contributed by atoms with Gasteiger partial charge in [0.05, 0.1) is 6.10 Å².